The summed E-state index contributed by atoms with van der Waals surface area (Å²) in [6.07, 6.45) is 3.60. The quantitative estimate of drug-likeness (QED) is 0.561. The topological polar surface area (TPSA) is 43.3 Å². The Morgan fingerprint density at radius 1 is 1.10 bits per heavy atom. The Labute approximate surface area is 176 Å². The van der Waals surface area contributed by atoms with Crippen LogP contribution in [0.4, 0.5) is 0 Å². The Morgan fingerprint density at radius 2 is 1.76 bits per heavy atom. The maximum atomic E-state index is 5.46. The van der Waals surface area contributed by atoms with Crippen molar-refractivity contribution < 1.29 is 4.74 Å². The lowest BCUT2D eigenvalue weighted by molar-refractivity contribution is 0.0625. The second kappa shape index (κ2) is 11.5. The van der Waals surface area contributed by atoms with Crippen LogP contribution < -0.4 is 5.32 Å². The Balaban J connectivity index is 1.40. The monoisotopic (exact) mass is 401 g/mol. The largest absolute Gasteiger partial charge is 0.381 e. The minimum atomic E-state index is 0.789. The number of piperazine rings is 1. The van der Waals surface area contributed by atoms with Crippen molar-refractivity contribution in [1.82, 2.24) is 20.0 Å². The van der Waals surface area contributed by atoms with E-state index in [-0.39, 0.29) is 0 Å². The maximum absolute atomic E-state index is 5.46. The summed E-state index contributed by atoms with van der Waals surface area (Å²) in [5, 5.41) is 3.51. The van der Waals surface area contributed by atoms with Crippen LogP contribution in [-0.4, -0.2) is 87.7 Å². The van der Waals surface area contributed by atoms with Crippen LogP contribution in [0.3, 0.4) is 0 Å². The second-order valence-corrected chi connectivity index (χ2v) is 8.56. The molecule has 6 heteroatoms. The van der Waals surface area contributed by atoms with Gasteiger partial charge in [0.15, 0.2) is 5.96 Å². The molecule has 2 aliphatic heterocycles. The highest BCUT2D eigenvalue weighted by molar-refractivity contribution is 5.79. The van der Waals surface area contributed by atoms with Crippen LogP contribution in [-0.2, 0) is 17.8 Å². The van der Waals surface area contributed by atoms with Gasteiger partial charge in [-0.25, -0.2) is 0 Å². The molecule has 0 unspecified atom stereocenters. The van der Waals surface area contributed by atoms with E-state index in [1.165, 1.54) is 43.5 Å². The number of rotatable bonds is 7. The summed E-state index contributed by atoms with van der Waals surface area (Å²) in [5.41, 5.74) is 2.70. The van der Waals surface area contributed by atoms with Crippen molar-refractivity contribution in [3.05, 3.63) is 35.4 Å². The zero-order valence-corrected chi connectivity index (χ0v) is 18.6. The molecule has 1 aromatic carbocycles. The van der Waals surface area contributed by atoms with Gasteiger partial charge in [0.2, 0.25) is 0 Å². The first-order chi connectivity index (χ1) is 14.1. The fraction of sp³-hybridized carbons (Fsp3) is 0.696. The predicted octanol–water partition coefficient (Wildman–Crippen LogP) is 2.26. The number of benzene rings is 1. The van der Waals surface area contributed by atoms with Gasteiger partial charge in [-0.15, -0.1) is 0 Å². The van der Waals surface area contributed by atoms with Crippen molar-refractivity contribution in [3.63, 3.8) is 0 Å². The molecule has 29 heavy (non-hydrogen) atoms. The predicted molar refractivity (Wildman–Crippen MR) is 120 cm³/mol. The van der Waals surface area contributed by atoms with E-state index in [1.807, 2.05) is 7.05 Å². The lowest BCUT2D eigenvalue weighted by atomic mass is 9.96. The van der Waals surface area contributed by atoms with Crippen LogP contribution >= 0.6 is 0 Å². The molecule has 3 rings (SSSR count). The number of guanidine groups is 1. The number of ether oxygens (including phenoxy) is 1. The molecule has 2 heterocycles. The van der Waals surface area contributed by atoms with E-state index < -0.39 is 0 Å². The zero-order chi connectivity index (χ0) is 20.5. The highest BCUT2D eigenvalue weighted by Crippen LogP contribution is 2.18. The normalized spacial score (nSPS) is 20.0. The first-order valence-electron chi connectivity index (χ1n) is 11.1. The second-order valence-electron chi connectivity index (χ2n) is 8.56. The van der Waals surface area contributed by atoms with Gasteiger partial charge in [-0.05, 0) is 43.4 Å². The smallest absolute Gasteiger partial charge is 0.193 e. The van der Waals surface area contributed by atoms with E-state index in [1.54, 1.807) is 0 Å². The number of nitrogens with one attached hydrogen (secondary N) is 1. The SMILES string of the molecule is CN=C(NCc1ccc(CN2CCN(C)CC2)cc1)N(C)CCC1CCOCC1. The number of nitrogens with zero attached hydrogens (tertiary/aromatic N) is 4. The maximum Gasteiger partial charge on any atom is 0.193 e. The third-order valence-corrected chi connectivity index (χ3v) is 6.26. The Bertz CT molecular complexity index is 619. The van der Waals surface area contributed by atoms with Gasteiger partial charge >= 0.3 is 0 Å². The number of aliphatic imine (C=N–C) groups is 1. The highest BCUT2D eigenvalue weighted by atomic mass is 16.5. The van der Waals surface area contributed by atoms with Crippen LogP contribution in [0.5, 0.6) is 0 Å². The molecule has 0 atom stereocenters. The van der Waals surface area contributed by atoms with Gasteiger partial charge in [-0.3, -0.25) is 9.89 Å². The summed E-state index contributed by atoms with van der Waals surface area (Å²) in [4.78, 5) is 11.7. The zero-order valence-electron chi connectivity index (χ0n) is 18.6. The molecule has 0 spiro atoms. The summed E-state index contributed by atoms with van der Waals surface area (Å²) >= 11 is 0. The van der Waals surface area contributed by atoms with Gasteiger partial charge in [0, 0.05) is 73.1 Å². The van der Waals surface area contributed by atoms with Crippen molar-refractivity contribution in [3.8, 4) is 0 Å². The van der Waals surface area contributed by atoms with Gasteiger partial charge in [0.05, 0.1) is 0 Å². The number of hydrogen-bond acceptors (Lipinski definition) is 4. The van der Waals surface area contributed by atoms with Crippen molar-refractivity contribution in [2.24, 2.45) is 10.9 Å². The minimum Gasteiger partial charge on any atom is -0.381 e. The van der Waals surface area contributed by atoms with Crippen LogP contribution in [0.25, 0.3) is 0 Å². The number of likely N-dealkylation sites (N-methyl/N-ethyl adjacent to an activating group) is 1. The Hall–Kier alpha value is -1.63. The van der Waals surface area contributed by atoms with Crippen LogP contribution in [0.1, 0.15) is 30.4 Å². The van der Waals surface area contributed by atoms with Gasteiger partial charge in [0.25, 0.3) is 0 Å². The molecule has 0 radical (unpaired) electrons. The van der Waals surface area contributed by atoms with Crippen LogP contribution in [0.15, 0.2) is 29.3 Å². The van der Waals surface area contributed by atoms with E-state index in [9.17, 15) is 0 Å². The van der Waals surface area contributed by atoms with Gasteiger partial charge in [-0.2, -0.15) is 0 Å². The Kier molecular flexibility index (Phi) is 8.77. The fourth-order valence-corrected chi connectivity index (χ4v) is 4.11. The average Bonchev–Trinajstić information content (AvgIpc) is 2.76. The van der Waals surface area contributed by atoms with Crippen molar-refractivity contribution in [2.75, 3.05) is 67.1 Å². The minimum absolute atomic E-state index is 0.789. The summed E-state index contributed by atoms with van der Waals surface area (Å²) in [7, 11) is 6.20. The van der Waals surface area contributed by atoms with E-state index >= 15 is 0 Å². The summed E-state index contributed by atoms with van der Waals surface area (Å²) < 4.78 is 5.46. The summed E-state index contributed by atoms with van der Waals surface area (Å²) in [6, 6.07) is 9.03. The fourth-order valence-electron chi connectivity index (χ4n) is 4.11. The third-order valence-electron chi connectivity index (χ3n) is 6.26. The summed E-state index contributed by atoms with van der Waals surface area (Å²) in [5.74, 6) is 1.76. The van der Waals surface area contributed by atoms with E-state index in [0.29, 0.717) is 0 Å². The molecule has 162 valence electrons. The molecule has 0 aliphatic carbocycles. The first kappa shape index (κ1) is 22.1. The molecule has 1 N–H and O–H groups in total. The van der Waals surface area contributed by atoms with Crippen LogP contribution in [0.2, 0.25) is 0 Å². The molecular weight excluding hydrogens is 362 g/mol. The molecular formula is C23H39N5O. The molecule has 0 bridgehead atoms. The molecule has 2 saturated heterocycles. The molecule has 1 aromatic rings. The average molecular weight is 402 g/mol. The standard InChI is InChI=1S/C23H39N5O/c1-24-23(27(3)11-8-20-9-16-29-17-10-20)25-18-21-4-6-22(7-5-21)19-28-14-12-26(2)13-15-28/h4-7,20H,8-19H2,1-3H3,(H,24,25). The highest BCUT2D eigenvalue weighted by Gasteiger charge is 2.16. The molecule has 2 aliphatic rings. The lowest BCUT2D eigenvalue weighted by Crippen LogP contribution is -2.43. The molecule has 0 saturated carbocycles. The third kappa shape index (κ3) is 7.28. The van der Waals surface area contributed by atoms with Crippen molar-refractivity contribution >= 4 is 5.96 Å². The van der Waals surface area contributed by atoms with Crippen LogP contribution in [0, 0.1) is 5.92 Å². The lowest BCUT2D eigenvalue weighted by Gasteiger charge is -2.32. The molecule has 6 nitrogen and oxygen atoms in total. The Morgan fingerprint density at radius 3 is 2.41 bits per heavy atom. The van der Waals surface area contributed by atoms with Gasteiger partial charge in [0.1, 0.15) is 0 Å². The van der Waals surface area contributed by atoms with Gasteiger partial charge < -0.3 is 19.9 Å². The molecule has 2 fully saturated rings. The number of hydrogen-bond donors (Lipinski definition) is 1. The van der Waals surface area contributed by atoms with Gasteiger partial charge in [-0.1, -0.05) is 24.3 Å². The van der Waals surface area contributed by atoms with E-state index in [2.05, 4.69) is 63.4 Å². The van der Waals surface area contributed by atoms with E-state index in [0.717, 1.165) is 57.8 Å². The molecule has 0 aromatic heterocycles. The van der Waals surface area contributed by atoms with Crippen molar-refractivity contribution in [1.29, 1.82) is 0 Å². The molecule has 0 amide bonds. The summed E-state index contributed by atoms with van der Waals surface area (Å²) in [6.45, 7) is 9.41. The van der Waals surface area contributed by atoms with E-state index in [4.69, 9.17) is 4.74 Å². The van der Waals surface area contributed by atoms with Crippen molar-refractivity contribution in [2.45, 2.75) is 32.4 Å². The first-order valence-corrected chi connectivity index (χ1v) is 11.1.